The minimum atomic E-state index is -0.239. The van der Waals surface area contributed by atoms with Crippen LogP contribution in [-0.2, 0) is 13.0 Å². The van der Waals surface area contributed by atoms with Crippen LogP contribution in [0.25, 0.3) is 10.9 Å². The zero-order valence-electron chi connectivity index (χ0n) is 20.8. The molecule has 198 valence electrons. The van der Waals surface area contributed by atoms with E-state index in [9.17, 15) is 4.79 Å². The van der Waals surface area contributed by atoms with Crippen molar-refractivity contribution in [2.45, 2.75) is 39.7 Å². The topological polar surface area (TPSA) is 65.7 Å². The van der Waals surface area contributed by atoms with Crippen molar-refractivity contribution in [3.63, 3.8) is 0 Å². The van der Waals surface area contributed by atoms with Crippen molar-refractivity contribution in [3.8, 4) is 11.5 Å². The van der Waals surface area contributed by atoms with Gasteiger partial charge in [-0.15, -0.1) is 0 Å². The second-order valence-corrected chi connectivity index (χ2v) is 10.6. The molecule has 0 radical (unpaired) electrons. The number of aromatic nitrogens is 2. The first-order valence-electron chi connectivity index (χ1n) is 12.1. The molecule has 0 saturated heterocycles. The molecule has 3 aromatic carbocycles. The maximum atomic E-state index is 13.3. The number of unbranched alkanes of at least 4 members (excludes halogenated alkanes) is 1. The van der Waals surface area contributed by atoms with Gasteiger partial charge in [-0.2, -0.15) is 9.78 Å². The molecule has 4 rings (SSSR count). The lowest BCUT2D eigenvalue weighted by Gasteiger charge is -2.15. The third kappa shape index (κ3) is 6.70. The fraction of sp³-hybridized carbons (Fsp3) is 0.250. The van der Waals surface area contributed by atoms with Crippen molar-refractivity contribution >= 4 is 67.9 Å². The largest absolute Gasteiger partial charge is 0.490 e. The van der Waals surface area contributed by atoms with Gasteiger partial charge in [0.1, 0.15) is 12.4 Å². The Morgan fingerprint density at radius 1 is 1.00 bits per heavy atom. The number of hydrogen-bond acceptors (Lipinski definition) is 5. The van der Waals surface area contributed by atoms with Gasteiger partial charge in [-0.05, 0) is 66.9 Å². The van der Waals surface area contributed by atoms with E-state index in [0.29, 0.717) is 61.9 Å². The second-order valence-electron chi connectivity index (χ2n) is 8.45. The summed E-state index contributed by atoms with van der Waals surface area (Å²) in [6.45, 7) is 4.59. The zero-order chi connectivity index (χ0) is 27.2. The molecule has 0 fully saturated rings. The average Bonchev–Trinajstić information content (AvgIpc) is 2.89. The van der Waals surface area contributed by atoms with Crippen LogP contribution in [0.3, 0.4) is 0 Å². The van der Waals surface area contributed by atoms with E-state index < -0.39 is 0 Å². The van der Waals surface area contributed by atoms with Crippen LogP contribution in [-0.4, -0.2) is 22.5 Å². The van der Waals surface area contributed by atoms with Gasteiger partial charge in [-0.25, -0.2) is 4.98 Å². The van der Waals surface area contributed by atoms with E-state index >= 15 is 0 Å². The molecule has 38 heavy (non-hydrogen) atoms. The summed E-state index contributed by atoms with van der Waals surface area (Å²) in [7, 11) is 0. The molecule has 0 bridgehead atoms. The molecular formula is C28H25BrCl3N3O3. The normalized spacial score (nSPS) is 11.4. The standard InChI is InChI=1S/C28H25BrCl3N3O3/c1-3-5-6-26-34-24-10-8-19(29)14-20(24)28(36)35(26)33-15-18-12-23(32)27(25(13-18)37-4-2)38-16-17-7-9-21(30)22(31)11-17/h7-15H,3-6,16H2,1-2H3. The van der Waals surface area contributed by atoms with Gasteiger partial charge >= 0.3 is 0 Å². The molecule has 1 heterocycles. The Kier molecular flexibility index (Phi) is 9.71. The molecule has 0 spiro atoms. The number of ether oxygens (including phenoxy) is 2. The van der Waals surface area contributed by atoms with Crippen molar-refractivity contribution in [3.05, 3.63) is 95.4 Å². The van der Waals surface area contributed by atoms with Crippen molar-refractivity contribution in [1.82, 2.24) is 9.66 Å². The lowest BCUT2D eigenvalue weighted by atomic mass is 10.2. The molecule has 4 aromatic rings. The first-order valence-corrected chi connectivity index (χ1v) is 14.0. The summed E-state index contributed by atoms with van der Waals surface area (Å²) in [4.78, 5) is 18.1. The number of nitrogens with zero attached hydrogens (tertiary/aromatic N) is 3. The molecule has 0 amide bonds. The van der Waals surface area contributed by atoms with Crippen LogP contribution >= 0.6 is 50.7 Å². The molecule has 0 aliphatic carbocycles. The first kappa shape index (κ1) is 28.4. The fourth-order valence-electron chi connectivity index (χ4n) is 3.79. The fourth-order valence-corrected chi connectivity index (χ4v) is 4.74. The predicted octanol–water partition coefficient (Wildman–Crippen LogP) is 8.32. The third-order valence-electron chi connectivity index (χ3n) is 5.65. The predicted molar refractivity (Wildman–Crippen MR) is 159 cm³/mol. The summed E-state index contributed by atoms with van der Waals surface area (Å²) in [5.74, 6) is 1.45. The molecule has 0 atom stereocenters. The summed E-state index contributed by atoms with van der Waals surface area (Å²) in [5, 5.41) is 6.25. The van der Waals surface area contributed by atoms with Gasteiger partial charge in [0.2, 0.25) is 0 Å². The Hall–Kier alpha value is -2.58. The lowest BCUT2D eigenvalue weighted by Crippen LogP contribution is -2.22. The number of rotatable bonds is 10. The SMILES string of the molecule is CCCCc1nc2ccc(Br)cc2c(=O)n1N=Cc1cc(Cl)c(OCc2ccc(Cl)c(Cl)c2)c(OCC)c1. The van der Waals surface area contributed by atoms with Crippen molar-refractivity contribution in [2.75, 3.05) is 6.61 Å². The number of hydrogen-bond donors (Lipinski definition) is 0. The molecule has 0 aliphatic heterocycles. The number of fused-ring (bicyclic) bond motifs is 1. The highest BCUT2D eigenvalue weighted by molar-refractivity contribution is 9.10. The Morgan fingerprint density at radius 2 is 1.82 bits per heavy atom. The van der Waals surface area contributed by atoms with Gasteiger partial charge in [0, 0.05) is 10.9 Å². The molecule has 0 aliphatic rings. The summed E-state index contributed by atoms with van der Waals surface area (Å²) in [6.07, 6.45) is 4.05. The smallest absolute Gasteiger partial charge is 0.282 e. The van der Waals surface area contributed by atoms with Crippen molar-refractivity contribution in [2.24, 2.45) is 5.10 Å². The Balaban J connectivity index is 1.68. The van der Waals surface area contributed by atoms with Crippen LogP contribution in [0.4, 0.5) is 0 Å². The van der Waals surface area contributed by atoms with Gasteiger partial charge in [-0.3, -0.25) is 4.79 Å². The Bertz CT molecular complexity index is 1560. The first-order chi connectivity index (χ1) is 18.3. The highest BCUT2D eigenvalue weighted by Gasteiger charge is 2.14. The Morgan fingerprint density at radius 3 is 2.55 bits per heavy atom. The molecule has 0 unspecified atom stereocenters. The van der Waals surface area contributed by atoms with E-state index in [2.05, 4.69) is 28.0 Å². The van der Waals surface area contributed by atoms with Crippen LogP contribution in [0.5, 0.6) is 11.5 Å². The molecule has 10 heteroatoms. The van der Waals surface area contributed by atoms with Crippen LogP contribution < -0.4 is 15.0 Å². The van der Waals surface area contributed by atoms with E-state index in [-0.39, 0.29) is 12.2 Å². The monoisotopic (exact) mass is 635 g/mol. The maximum absolute atomic E-state index is 13.3. The zero-order valence-corrected chi connectivity index (χ0v) is 24.7. The number of benzene rings is 3. The quantitative estimate of drug-likeness (QED) is 0.164. The Labute approximate surface area is 244 Å². The molecule has 6 nitrogen and oxygen atoms in total. The van der Waals surface area contributed by atoms with Gasteiger partial charge in [-0.1, -0.05) is 70.1 Å². The van der Waals surface area contributed by atoms with E-state index in [0.717, 1.165) is 22.9 Å². The number of aryl methyl sites for hydroxylation is 1. The van der Waals surface area contributed by atoms with Crippen LogP contribution in [0.15, 0.2) is 62.9 Å². The van der Waals surface area contributed by atoms with Gasteiger partial charge in [0.05, 0.1) is 38.8 Å². The van der Waals surface area contributed by atoms with Gasteiger partial charge < -0.3 is 9.47 Å². The molecular weight excluding hydrogens is 613 g/mol. The van der Waals surface area contributed by atoms with E-state index in [1.54, 1.807) is 36.5 Å². The second kappa shape index (κ2) is 13.0. The van der Waals surface area contributed by atoms with Gasteiger partial charge in [0.15, 0.2) is 11.5 Å². The summed E-state index contributed by atoms with van der Waals surface area (Å²) >= 11 is 22.2. The van der Waals surface area contributed by atoms with Gasteiger partial charge in [0.25, 0.3) is 5.56 Å². The summed E-state index contributed by atoms with van der Waals surface area (Å²) in [5.41, 5.74) is 1.87. The van der Waals surface area contributed by atoms with Crippen LogP contribution in [0.2, 0.25) is 15.1 Å². The maximum Gasteiger partial charge on any atom is 0.282 e. The minimum absolute atomic E-state index is 0.221. The average molecular weight is 638 g/mol. The highest BCUT2D eigenvalue weighted by atomic mass is 79.9. The minimum Gasteiger partial charge on any atom is -0.490 e. The van der Waals surface area contributed by atoms with Crippen LogP contribution in [0.1, 0.15) is 43.6 Å². The summed E-state index contributed by atoms with van der Waals surface area (Å²) in [6, 6.07) is 14.2. The van der Waals surface area contributed by atoms with Crippen molar-refractivity contribution < 1.29 is 9.47 Å². The van der Waals surface area contributed by atoms with E-state index in [1.807, 2.05) is 25.1 Å². The molecule has 1 aromatic heterocycles. The van der Waals surface area contributed by atoms with Crippen LogP contribution in [0, 0.1) is 0 Å². The lowest BCUT2D eigenvalue weighted by molar-refractivity contribution is 0.269. The molecule has 0 N–H and O–H groups in total. The summed E-state index contributed by atoms with van der Waals surface area (Å²) < 4.78 is 13.9. The van der Waals surface area contributed by atoms with E-state index in [1.165, 1.54) is 4.68 Å². The van der Waals surface area contributed by atoms with E-state index in [4.69, 9.17) is 49.3 Å². The highest BCUT2D eigenvalue weighted by Crippen LogP contribution is 2.37. The third-order valence-corrected chi connectivity index (χ3v) is 7.16. The molecule has 0 saturated carbocycles. The van der Waals surface area contributed by atoms with Crippen molar-refractivity contribution in [1.29, 1.82) is 0 Å². The number of halogens is 4.